The van der Waals surface area contributed by atoms with Crippen LogP contribution in [0.2, 0.25) is 0 Å². The van der Waals surface area contributed by atoms with Gasteiger partial charge in [-0.15, -0.1) is 0 Å². The minimum absolute atomic E-state index is 0.0160. The molecule has 0 aromatic carbocycles. The molecule has 0 aliphatic heterocycles. The lowest BCUT2D eigenvalue weighted by Crippen LogP contribution is -2.25. The number of allylic oxidation sites excluding steroid dienone is 1. The Labute approximate surface area is 77.1 Å². The van der Waals surface area contributed by atoms with E-state index in [1.165, 1.54) is 13.0 Å². The van der Waals surface area contributed by atoms with E-state index < -0.39 is 21.5 Å². The highest BCUT2D eigenvalue weighted by molar-refractivity contribution is 7.86. The van der Waals surface area contributed by atoms with Gasteiger partial charge in [-0.1, -0.05) is 13.0 Å². The van der Waals surface area contributed by atoms with Gasteiger partial charge in [-0.05, 0) is 13.3 Å². The maximum atomic E-state index is 10.8. The first kappa shape index (κ1) is 12.1. The molecular formula is C7H12O5S. The number of ether oxygens (including phenoxy) is 1. The van der Waals surface area contributed by atoms with E-state index in [1.54, 1.807) is 6.92 Å². The molecule has 0 amide bonds. The monoisotopic (exact) mass is 208 g/mol. The molecule has 0 saturated carbocycles. The molecule has 13 heavy (non-hydrogen) atoms. The smallest absolute Gasteiger partial charge is 0.331 e. The molecule has 1 atom stereocenters. The lowest BCUT2D eigenvalue weighted by molar-refractivity contribution is -0.139. The largest absolute Gasteiger partial charge is 0.440 e. The summed E-state index contributed by atoms with van der Waals surface area (Å²) in [6.45, 7) is 3.08. The molecule has 0 saturated heterocycles. The van der Waals surface area contributed by atoms with Gasteiger partial charge in [0.05, 0.1) is 0 Å². The SMILES string of the molecule is CC=CC(=O)OC(CC)S(=O)(=O)O. The van der Waals surface area contributed by atoms with Crippen molar-refractivity contribution < 1.29 is 22.5 Å². The summed E-state index contributed by atoms with van der Waals surface area (Å²) >= 11 is 0. The van der Waals surface area contributed by atoms with Gasteiger partial charge in [0, 0.05) is 6.08 Å². The molecule has 76 valence electrons. The van der Waals surface area contributed by atoms with Crippen LogP contribution in [-0.4, -0.2) is 24.4 Å². The van der Waals surface area contributed by atoms with Crippen molar-refractivity contribution in [1.29, 1.82) is 0 Å². The summed E-state index contributed by atoms with van der Waals surface area (Å²) in [4.78, 5) is 10.8. The molecule has 0 radical (unpaired) electrons. The van der Waals surface area contributed by atoms with E-state index >= 15 is 0 Å². The van der Waals surface area contributed by atoms with E-state index in [0.29, 0.717) is 0 Å². The van der Waals surface area contributed by atoms with Crippen molar-refractivity contribution in [2.45, 2.75) is 25.7 Å². The first-order valence-electron chi connectivity index (χ1n) is 3.71. The summed E-state index contributed by atoms with van der Waals surface area (Å²) in [5, 5.41) is 0. The van der Waals surface area contributed by atoms with Crippen LogP contribution < -0.4 is 0 Å². The fourth-order valence-corrected chi connectivity index (χ4v) is 1.30. The summed E-state index contributed by atoms with van der Waals surface area (Å²) in [6.07, 6.45) is 2.51. The number of rotatable bonds is 4. The quantitative estimate of drug-likeness (QED) is 0.418. The highest BCUT2D eigenvalue weighted by atomic mass is 32.2. The Morgan fingerprint density at radius 2 is 2.15 bits per heavy atom. The Bertz CT molecular complexity index is 290. The normalized spacial score (nSPS) is 14.4. The molecule has 1 N–H and O–H groups in total. The van der Waals surface area contributed by atoms with Gasteiger partial charge in [0.25, 0.3) is 0 Å². The van der Waals surface area contributed by atoms with Crippen molar-refractivity contribution in [3.63, 3.8) is 0 Å². The van der Waals surface area contributed by atoms with Crippen LogP contribution in [0.15, 0.2) is 12.2 Å². The van der Waals surface area contributed by atoms with E-state index in [9.17, 15) is 13.2 Å². The van der Waals surface area contributed by atoms with Crippen LogP contribution in [-0.2, 0) is 19.6 Å². The van der Waals surface area contributed by atoms with Gasteiger partial charge in [-0.3, -0.25) is 4.55 Å². The molecule has 0 aliphatic carbocycles. The van der Waals surface area contributed by atoms with Gasteiger partial charge in [-0.25, -0.2) is 4.79 Å². The average Bonchev–Trinajstić information content (AvgIpc) is 1.98. The van der Waals surface area contributed by atoms with Crippen LogP contribution >= 0.6 is 0 Å². The summed E-state index contributed by atoms with van der Waals surface area (Å²) in [5.74, 6) is -0.785. The van der Waals surface area contributed by atoms with E-state index in [2.05, 4.69) is 4.74 Å². The Hall–Kier alpha value is -0.880. The third-order valence-electron chi connectivity index (χ3n) is 1.22. The molecule has 6 heteroatoms. The van der Waals surface area contributed by atoms with Gasteiger partial charge < -0.3 is 4.74 Å². The molecule has 0 aliphatic rings. The first-order chi connectivity index (χ1) is 5.91. The van der Waals surface area contributed by atoms with Gasteiger partial charge in [-0.2, -0.15) is 8.42 Å². The number of esters is 1. The highest BCUT2D eigenvalue weighted by Gasteiger charge is 2.23. The minimum Gasteiger partial charge on any atom is -0.440 e. The van der Waals surface area contributed by atoms with Crippen LogP contribution in [0.1, 0.15) is 20.3 Å². The van der Waals surface area contributed by atoms with Gasteiger partial charge in [0.2, 0.25) is 5.44 Å². The number of carbonyl (C=O) groups is 1. The van der Waals surface area contributed by atoms with Crippen LogP contribution in [0.5, 0.6) is 0 Å². The Morgan fingerprint density at radius 1 is 1.62 bits per heavy atom. The number of hydrogen-bond donors (Lipinski definition) is 1. The van der Waals surface area contributed by atoms with Crippen molar-refractivity contribution in [1.82, 2.24) is 0 Å². The molecule has 1 unspecified atom stereocenters. The number of hydrogen-bond acceptors (Lipinski definition) is 4. The standard InChI is InChI=1S/C7H12O5S/c1-3-5-6(8)12-7(4-2)13(9,10)11/h3,5,7H,4H2,1-2H3,(H,9,10,11). The van der Waals surface area contributed by atoms with Crippen LogP contribution in [0.4, 0.5) is 0 Å². The first-order valence-corrected chi connectivity index (χ1v) is 5.21. The molecule has 0 fully saturated rings. The van der Waals surface area contributed by atoms with E-state index in [4.69, 9.17) is 4.55 Å². The van der Waals surface area contributed by atoms with Gasteiger partial charge >= 0.3 is 16.1 Å². The molecule has 0 heterocycles. The maximum absolute atomic E-state index is 10.8. The van der Waals surface area contributed by atoms with Gasteiger partial charge in [0.15, 0.2) is 0 Å². The zero-order valence-corrected chi connectivity index (χ0v) is 8.24. The zero-order valence-electron chi connectivity index (χ0n) is 7.43. The number of carbonyl (C=O) groups excluding carboxylic acids is 1. The van der Waals surface area contributed by atoms with Crippen molar-refractivity contribution >= 4 is 16.1 Å². The molecule has 0 aromatic heterocycles. The van der Waals surface area contributed by atoms with Crippen molar-refractivity contribution in [2.75, 3.05) is 0 Å². The van der Waals surface area contributed by atoms with E-state index in [-0.39, 0.29) is 6.42 Å². The summed E-state index contributed by atoms with van der Waals surface area (Å²) < 4.78 is 34.1. The molecule has 5 nitrogen and oxygen atoms in total. The Morgan fingerprint density at radius 3 is 2.46 bits per heavy atom. The second kappa shape index (κ2) is 4.98. The fourth-order valence-electron chi connectivity index (χ4n) is 0.660. The summed E-state index contributed by atoms with van der Waals surface area (Å²) in [6, 6.07) is 0. The van der Waals surface area contributed by atoms with Crippen LogP contribution in [0.25, 0.3) is 0 Å². The lowest BCUT2D eigenvalue weighted by atomic mass is 10.5. The third-order valence-corrected chi connectivity index (χ3v) is 2.31. The van der Waals surface area contributed by atoms with E-state index in [1.807, 2.05) is 0 Å². The van der Waals surface area contributed by atoms with E-state index in [0.717, 1.165) is 6.08 Å². The fraction of sp³-hybridized carbons (Fsp3) is 0.571. The second-order valence-electron chi connectivity index (χ2n) is 2.29. The molecule has 0 spiro atoms. The van der Waals surface area contributed by atoms with Crippen LogP contribution in [0.3, 0.4) is 0 Å². The zero-order chi connectivity index (χ0) is 10.5. The summed E-state index contributed by atoms with van der Waals surface area (Å²) in [7, 11) is -4.31. The molecule has 0 rings (SSSR count). The highest BCUT2D eigenvalue weighted by Crippen LogP contribution is 2.06. The predicted molar refractivity (Wildman–Crippen MR) is 46.5 cm³/mol. The summed E-state index contributed by atoms with van der Waals surface area (Å²) in [5.41, 5.74) is -1.48. The van der Waals surface area contributed by atoms with Crippen LogP contribution in [0, 0.1) is 0 Å². The topological polar surface area (TPSA) is 80.7 Å². The van der Waals surface area contributed by atoms with Crippen molar-refractivity contribution in [3.8, 4) is 0 Å². The lowest BCUT2D eigenvalue weighted by Gasteiger charge is -2.10. The predicted octanol–water partition coefficient (Wildman–Crippen LogP) is 0.730. The average molecular weight is 208 g/mol. The van der Waals surface area contributed by atoms with Crippen molar-refractivity contribution in [2.24, 2.45) is 0 Å². The maximum Gasteiger partial charge on any atom is 0.331 e. The van der Waals surface area contributed by atoms with Gasteiger partial charge in [0.1, 0.15) is 0 Å². The second-order valence-corrected chi connectivity index (χ2v) is 3.85. The minimum atomic E-state index is -4.31. The Kier molecular flexibility index (Phi) is 4.64. The molecule has 0 bridgehead atoms. The third kappa shape index (κ3) is 4.64. The van der Waals surface area contributed by atoms with Crippen molar-refractivity contribution in [3.05, 3.63) is 12.2 Å². The molecule has 0 aromatic rings. The molecular weight excluding hydrogens is 196 g/mol. The Balaban J connectivity index is 4.40.